The molecule has 0 aliphatic rings. The Labute approximate surface area is 106 Å². The summed E-state index contributed by atoms with van der Waals surface area (Å²) < 4.78 is 1.38. The number of amides is 1. The molecule has 0 fully saturated rings. The average molecular weight is 253 g/mol. The van der Waals surface area contributed by atoms with Gasteiger partial charge < -0.3 is 10.0 Å². The van der Waals surface area contributed by atoms with Crippen LogP contribution in [-0.4, -0.2) is 45.3 Å². The van der Waals surface area contributed by atoms with E-state index in [2.05, 4.69) is 12.0 Å². The van der Waals surface area contributed by atoms with Crippen molar-refractivity contribution in [3.05, 3.63) is 18.0 Å². The summed E-state index contributed by atoms with van der Waals surface area (Å²) in [5.41, 5.74) is 0.0888. The van der Waals surface area contributed by atoms with E-state index in [4.69, 9.17) is 5.11 Å². The standard InChI is InChI=1S/C12H19N3O3/c1-4-5-6-14(3)11(16)9(2)15-8-10(7-13-15)12(17)18/h7-9H,4-6H2,1-3H3,(H,17,18). The first-order valence-electron chi connectivity index (χ1n) is 5.99. The maximum Gasteiger partial charge on any atom is 0.338 e. The lowest BCUT2D eigenvalue weighted by Crippen LogP contribution is -2.34. The third-order valence-corrected chi connectivity index (χ3v) is 2.83. The van der Waals surface area contributed by atoms with Crippen LogP contribution in [0.15, 0.2) is 12.4 Å². The van der Waals surface area contributed by atoms with Gasteiger partial charge in [-0.05, 0) is 13.3 Å². The molecule has 6 nitrogen and oxygen atoms in total. The molecule has 0 aliphatic heterocycles. The lowest BCUT2D eigenvalue weighted by atomic mass is 10.2. The van der Waals surface area contributed by atoms with Crippen molar-refractivity contribution in [1.29, 1.82) is 0 Å². The zero-order valence-electron chi connectivity index (χ0n) is 11.0. The normalized spacial score (nSPS) is 12.2. The van der Waals surface area contributed by atoms with Gasteiger partial charge >= 0.3 is 5.97 Å². The number of aromatic carboxylic acids is 1. The summed E-state index contributed by atoms with van der Waals surface area (Å²) in [4.78, 5) is 24.4. The van der Waals surface area contributed by atoms with Crippen molar-refractivity contribution in [3.8, 4) is 0 Å². The fraction of sp³-hybridized carbons (Fsp3) is 0.583. The predicted octanol–water partition coefficient (Wildman–Crippen LogP) is 1.40. The summed E-state index contributed by atoms with van der Waals surface area (Å²) in [7, 11) is 1.75. The molecular weight excluding hydrogens is 234 g/mol. The molecule has 100 valence electrons. The van der Waals surface area contributed by atoms with Gasteiger partial charge in [0.2, 0.25) is 5.91 Å². The van der Waals surface area contributed by atoms with E-state index in [1.165, 1.54) is 17.1 Å². The molecule has 0 saturated carbocycles. The van der Waals surface area contributed by atoms with Crippen LogP contribution in [0.25, 0.3) is 0 Å². The molecule has 1 N–H and O–H groups in total. The number of carbonyl (C=O) groups is 2. The number of carbonyl (C=O) groups excluding carboxylic acids is 1. The molecule has 1 aromatic rings. The zero-order valence-corrected chi connectivity index (χ0v) is 11.0. The quantitative estimate of drug-likeness (QED) is 0.831. The first-order chi connectivity index (χ1) is 8.47. The number of nitrogens with zero attached hydrogens (tertiary/aromatic N) is 3. The highest BCUT2D eigenvalue weighted by atomic mass is 16.4. The van der Waals surface area contributed by atoms with Crippen LogP contribution in [0.4, 0.5) is 0 Å². The number of hydrogen-bond donors (Lipinski definition) is 1. The fourth-order valence-electron chi connectivity index (χ4n) is 1.60. The average Bonchev–Trinajstić information content (AvgIpc) is 2.83. The summed E-state index contributed by atoms with van der Waals surface area (Å²) in [6.45, 7) is 4.48. The number of unbranched alkanes of at least 4 members (excludes halogenated alkanes) is 1. The SMILES string of the molecule is CCCCN(C)C(=O)C(C)n1cc(C(=O)O)cn1. The Morgan fingerprint density at radius 3 is 2.72 bits per heavy atom. The molecule has 18 heavy (non-hydrogen) atoms. The number of aromatic nitrogens is 2. The molecular formula is C12H19N3O3. The van der Waals surface area contributed by atoms with Crippen molar-refractivity contribution in [2.75, 3.05) is 13.6 Å². The minimum atomic E-state index is -1.04. The lowest BCUT2D eigenvalue weighted by molar-refractivity contribution is -0.133. The molecule has 0 bridgehead atoms. The Morgan fingerprint density at radius 1 is 1.56 bits per heavy atom. The van der Waals surface area contributed by atoms with Crippen molar-refractivity contribution in [2.45, 2.75) is 32.7 Å². The highest BCUT2D eigenvalue weighted by Gasteiger charge is 2.20. The number of carboxylic acid groups (broad SMARTS) is 1. The van der Waals surface area contributed by atoms with Crippen LogP contribution < -0.4 is 0 Å². The van der Waals surface area contributed by atoms with Gasteiger partial charge in [0.25, 0.3) is 0 Å². The van der Waals surface area contributed by atoms with Crippen molar-refractivity contribution >= 4 is 11.9 Å². The van der Waals surface area contributed by atoms with Crippen LogP contribution in [0.3, 0.4) is 0 Å². The molecule has 1 aromatic heterocycles. The second kappa shape index (κ2) is 6.18. The van der Waals surface area contributed by atoms with Crippen LogP contribution in [-0.2, 0) is 4.79 Å². The highest BCUT2D eigenvalue weighted by Crippen LogP contribution is 2.10. The molecule has 0 radical (unpaired) electrons. The van der Waals surface area contributed by atoms with Gasteiger partial charge in [-0.15, -0.1) is 0 Å². The van der Waals surface area contributed by atoms with Gasteiger partial charge in [0.1, 0.15) is 6.04 Å². The third-order valence-electron chi connectivity index (χ3n) is 2.83. The minimum Gasteiger partial charge on any atom is -0.478 e. The monoisotopic (exact) mass is 253 g/mol. The van der Waals surface area contributed by atoms with Gasteiger partial charge in [0.05, 0.1) is 11.8 Å². The molecule has 0 aromatic carbocycles. The summed E-state index contributed by atoms with van der Waals surface area (Å²) in [5.74, 6) is -1.11. The molecule has 0 spiro atoms. The maximum absolute atomic E-state index is 12.0. The Kier molecular flexibility index (Phi) is 4.88. The van der Waals surface area contributed by atoms with Crippen LogP contribution in [0.2, 0.25) is 0 Å². The van der Waals surface area contributed by atoms with E-state index in [0.29, 0.717) is 6.54 Å². The second-order valence-electron chi connectivity index (χ2n) is 4.30. The smallest absolute Gasteiger partial charge is 0.338 e. The predicted molar refractivity (Wildman–Crippen MR) is 66.4 cm³/mol. The molecule has 1 atom stereocenters. The van der Waals surface area contributed by atoms with Crippen LogP contribution in [0, 0.1) is 0 Å². The zero-order chi connectivity index (χ0) is 13.7. The third kappa shape index (κ3) is 3.32. The van der Waals surface area contributed by atoms with Gasteiger partial charge in [0.15, 0.2) is 0 Å². The van der Waals surface area contributed by atoms with E-state index in [1.807, 2.05) is 0 Å². The van der Waals surface area contributed by atoms with E-state index in [9.17, 15) is 9.59 Å². The van der Waals surface area contributed by atoms with Gasteiger partial charge in [-0.2, -0.15) is 5.10 Å². The molecule has 6 heteroatoms. The van der Waals surface area contributed by atoms with E-state index in [-0.39, 0.29) is 11.5 Å². The van der Waals surface area contributed by atoms with Crippen LogP contribution >= 0.6 is 0 Å². The van der Waals surface area contributed by atoms with E-state index >= 15 is 0 Å². The summed E-state index contributed by atoms with van der Waals surface area (Å²) >= 11 is 0. The minimum absolute atomic E-state index is 0.0662. The molecule has 1 unspecified atom stereocenters. The van der Waals surface area contributed by atoms with E-state index in [0.717, 1.165) is 12.8 Å². The Balaban J connectivity index is 2.70. The van der Waals surface area contributed by atoms with E-state index in [1.54, 1.807) is 18.9 Å². The number of hydrogen-bond acceptors (Lipinski definition) is 3. The second-order valence-corrected chi connectivity index (χ2v) is 4.30. The largest absolute Gasteiger partial charge is 0.478 e. The summed E-state index contributed by atoms with van der Waals surface area (Å²) in [5, 5.41) is 12.7. The summed E-state index contributed by atoms with van der Waals surface area (Å²) in [6, 6.07) is -0.486. The fourth-order valence-corrected chi connectivity index (χ4v) is 1.60. The Bertz CT molecular complexity index is 428. The van der Waals surface area contributed by atoms with Crippen LogP contribution in [0.5, 0.6) is 0 Å². The maximum atomic E-state index is 12.0. The molecule has 0 saturated heterocycles. The van der Waals surface area contributed by atoms with Gasteiger partial charge in [-0.25, -0.2) is 4.79 Å². The summed E-state index contributed by atoms with van der Waals surface area (Å²) in [6.07, 6.45) is 4.60. The number of carboxylic acids is 1. The molecule has 1 heterocycles. The molecule has 1 rings (SSSR count). The van der Waals surface area contributed by atoms with Gasteiger partial charge in [-0.1, -0.05) is 13.3 Å². The van der Waals surface area contributed by atoms with Gasteiger partial charge in [0, 0.05) is 19.8 Å². The lowest BCUT2D eigenvalue weighted by Gasteiger charge is -2.21. The van der Waals surface area contributed by atoms with E-state index < -0.39 is 12.0 Å². The van der Waals surface area contributed by atoms with Crippen molar-refractivity contribution < 1.29 is 14.7 Å². The van der Waals surface area contributed by atoms with Gasteiger partial charge in [-0.3, -0.25) is 9.48 Å². The Morgan fingerprint density at radius 2 is 2.22 bits per heavy atom. The number of rotatable bonds is 6. The van der Waals surface area contributed by atoms with Crippen molar-refractivity contribution in [2.24, 2.45) is 0 Å². The topological polar surface area (TPSA) is 75.4 Å². The molecule has 0 aliphatic carbocycles. The van der Waals surface area contributed by atoms with Crippen molar-refractivity contribution in [3.63, 3.8) is 0 Å². The number of likely N-dealkylation sites (N-methyl/N-ethyl adjacent to an activating group) is 1. The highest BCUT2D eigenvalue weighted by molar-refractivity contribution is 5.87. The van der Waals surface area contributed by atoms with Crippen molar-refractivity contribution in [1.82, 2.24) is 14.7 Å². The molecule has 1 amide bonds. The first-order valence-corrected chi connectivity index (χ1v) is 5.99. The first kappa shape index (κ1) is 14.2. The Hall–Kier alpha value is -1.85. The van der Waals surface area contributed by atoms with Crippen LogP contribution in [0.1, 0.15) is 43.1 Å².